The molecule has 3 rings (SSSR count). The number of nitrogens with zero attached hydrogens (tertiary/aromatic N) is 3. The summed E-state index contributed by atoms with van der Waals surface area (Å²) in [6.07, 6.45) is 0.752. The van der Waals surface area contributed by atoms with Crippen LogP contribution in [0.5, 0.6) is 0 Å². The first-order valence-electron chi connectivity index (χ1n) is 9.88. The summed E-state index contributed by atoms with van der Waals surface area (Å²) in [7, 11) is 1.77. The minimum absolute atomic E-state index is 0.107. The van der Waals surface area contributed by atoms with Gasteiger partial charge >= 0.3 is 6.18 Å². The van der Waals surface area contributed by atoms with E-state index in [0.717, 1.165) is 42.9 Å². The van der Waals surface area contributed by atoms with Crippen LogP contribution in [0.3, 0.4) is 0 Å². The van der Waals surface area contributed by atoms with Gasteiger partial charge in [-0.05, 0) is 42.7 Å². The maximum absolute atomic E-state index is 13.5. The Hall–Kier alpha value is -2.54. The van der Waals surface area contributed by atoms with E-state index in [1.54, 1.807) is 36.2 Å². The average molecular weight is 432 g/mol. The monoisotopic (exact) mass is 431 g/mol. The third kappa shape index (κ3) is 5.75. The van der Waals surface area contributed by atoms with Gasteiger partial charge in [-0.3, -0.25) is 0 Å². The third-order valence-corrected chi connectivity index (χ3v) is 5.68. The second-order valence-corrected chi connectivity index (χ2v) is 8.05. The van der Waals surface area contributed by atoms with Crippen LogP contribution in [0.25, 0.3) is 0 Å². The molecule has 30 heavy (non-hydrogen) atoms. The molecule has 3 aromatic rings. The molecule has 0 unspecified atom stereocenters. The van der Waals surface area contributed by atoms with Gasteiger partial charge in [-0.2, -0.15) is 13.2 Å². The van der Waals surface area contributed by atoms with E-state index < -0.39 is 11.7 Å². The first-order chi connectivity index (χ1) is 14.4. The Morgan fingerprint density at radius 2 is 1.77 bits per heavy atom. The summed E-state index contributed by atoms with van der Waals surface area (Å²) in [6, 6.07) is 16.9. The summed E-state index contributed by atoms with van der Waals surface area (Å²) in [5, 5.41) is -0.107. The van der Waals surface area contributed by atoms with Gasteiger partial charge < -0.3 is 4.90 Å². The minimum Gasteiger partial charge on any atom is -0.314 e. The molecule has 0 atom stereocenters. The molecule has 0 N–H and O–H groups in total. The second-order valence-electron chi connectivity index (χ2n) is 6.99. The standard InChI is InChI=1S/C23H24F3N3S/c1-3-4-6-10-17-11-9-12-18(15-17)29(2)22-27-16-20(23(24,25)26)21(28-22)30-19-13-7-5-8-14-19/h5,7-9,11-16H,3-4,6,10H2,1-2H3. The van der Waals surface area contributed by atoms with Crippen LogP contribution in [0.2, 0.25) is 0 Å². The van der Waals surface area contributed by atoms with Crippen molar-refractivity contribution in [2.45, 2.75) is 48.7 Å². The van der Waals surface area contributed by atoms with Crippen molar-refractivity contribution in [1.29, 1.82) is 0 Å². The van der Waals surface area contributed by atoms with E-state index in [0.29, 0.717) is 4.90 Å². The molecule has 0 fully saturated rings. The summed E-state index contributed by atoms with van der Waals surface area (Å²) >= 11 is 0.987. The van der Waals surface area contributed by atoms with Crippen LogP contribution in [0, 0.1) is 0 Å². The molecule has 0 aliphatic heterocycles. The van der Waals surface area contributed by atoms with Crippen molar-refractivity contribution in [3.63, 3.8) is 0 Å². The van der Waals surface area contributed by atoms with Gasteiger partial charge in [0.25, 0.3) is 0 Å². The molecule has 1 heterocycles. The maximum atomic E-state index is 13.5. The first kappa shape index (κ1) is 22.2. The minimum atomic E-state index is -4.52. The van der Waals surface area contributed by atoms with Crippen molar-refractivity contribution < 1.29 is 13.2 Å². The number of aryl methyl sites for hydroxylation is 1. The first-order valence-corrected chi connectivity index (χ1v) is 10.7. The lowest BCUT2D eigenvalue weighted by molar-refractivity contribution is -0.140. The molecule has 1 aromatic heterocycles. The Bertz CT molecular complexity index is 961. The molecular weight excluding hydrogens is 407 g/mol. The van der Waals surface area contributed by atoms with Crippen LogP contribution < -0.4 is 4.90 Å². The van der Waals surface area contributed by atoms with Crippen molar-refractivity contribution in [2.24, 2.45) is 0 Å². The molecule has 0 saturated heterocycles. The van der Waals surface area contributed by atoms with Gasteiger partial charge in [-0.1, -0.05) is 61.9 Å². The molecule has 158 valence electrons. The summed E-state index contributed by atoms with van der Waals surface area (Å²) < 4.78 is 40.5. The fraction of sp³-hybridized carbons (Fsp3) is 0.304. The van der Waals surface area contributed by atoms with Gasteiger partial charge in [-0.15, -0.1) is 0 Å². The van der Waals surface area contributed by atoms with Gasteiger partial charge in [0.1, 0.15) is 10.6 Å². The zero-order valence-corrected chi connectivity index (χ0v) is 17.8. The van der Waals surface area contributed by atoms with Crippen LogP contribution in [0.15, 0.2) is 70.7 Å². The third-order valence-electron chi connectivity index (χ3n) is 4.67. The van der Waals surface area contributed by atoms with Gasteiger partial charge in [0, 0.05) is 23.8 Å². The number of rotatable bonds is 8. The quantitative estimate of drug-likeness (QED) is 0.280. The smallest absolute Gasteiger partial charge is 0.314 e. The molecule has 0 aliphatic carbocycles. The topological polar surface area (TPSA) is 29.0 Å². The number of benzene rings is 2. The molecule has 0 spiro atoms. The molecule has 0 radical (unpaired) electrons. The average Bonchev–Trinajstić information content (AvgIpc) is 2.73. The summed E-state index contributed by atoms with van der Waals surface area (Å²) in [5.74, 6) is 0.229. The van der Waals surface area contributed by atoms with E-state index in [2.05, 4.69) is 23.0 Å². The Morgan fingerprint density at radius 3 is 2.47 bits per heavy atom. The van der Waals surface area contributed by atoms with E-state index in [1.165, 1.54) is 12.0 Å². The number of aromatic nitrogens is 2. The Labute approximate surface area is 179 Å². The lowest BCUT2D eigenvalue weighted by Crippen LogP contribution is -2.16. The zero-order chi connectivity index (χ0) is 21.6. The van der Waals surface area contributed by atoms with Crippen LogP contribution in [-0.4, -0.2) is 17.0 Å². The molecule has 7 heteroatoms. The number of halogens is 3. The fourth-order valence-corrected chi connectivity index (χ4v) is 3.93. The predicted octanol–water partition coefficient (Wildman–Crippen LogP) is 7.15. The lowest BCUT2D eigenvalue weighted by atomic mass is 10.1. The number of hydrogen-bond acceptors (Lipinski definition) is 4. The number of hydrogen-bond donors (Lipinski definition) is 0. The fourth-order valence-electron chi connectivity index (χ4n) is 3.01. The molecule has 2 aromatic carbocycles. The normalized spacial score (nSPS) is 11.5. The van der Waals surface area contributed by atoms with E-state index >= 15 is 0 Å². The Kier molecular flexibility index (Phi) is 7.37. The van der Waals surface area contributed by atoms with Crippen molar-refractivity contribution in [3.05, 3.63) is 71.9 Å². The summed E-state index contributed by atoms with van der Waals surface area (Å²) in [6.45, 7) is 2.16. The van der Waals surface area contributed by atoms with Crippen LogP contribution in [0.4, 0.5) is 24.8 Å². The van der Waals surface area contributed by atoms with Crippen molar-refractivity contribution in [3.8, 4) is 0 Å². The van der Waals surface area contributed by atoms with Crippen LogP contribution in [-0.2, 0) is 12.6 Å². The van der Waals surface area contributed by atoms with Crippen LogP contribution >= 0.6 is 11.8 Å². The van der Waals surface area contributed by atoms with Gasteiger partial charge in [0.15, 0.2) is 0 Å². The Morgan fingerprint density at radius 1 is 1.00 bits per heavy atom. The van der Waals surface area contributed by atoms with Gasteiger partial charge in [0.2, 0.25) is 5.95 Å². The highest BCUT2D eigenvalue weighted by molar-refractivity contribution is 7.99. The molecule has 0 saturated carbocycles. The number of unbranched alkanes of at least 4 members (excludes halogenated alkanes) is 2. The van der Waals surface area contributed by atoms with Crippen LogP contribution in [0.1, 0.15) is 37.3 Å². The predicted molar refractivity (Wildman–Crippen MR) is 115 cm³/mol. The van der Waals surface area contributed by atoms with E-state index in [4.69, 9.17) is 0 Å². The highest BCUT2D eigenvalue weighted by Crippen LogP contribution is 2.39. The summed E-state index contributed by atoms with van der Waals surface area (Å²) in [5.41, 5.74) is 1.21. The van der Waals surface area contributed by atoms with Gasteiger partial charge in [0.05, 0.1) is 0 Å². The van der Waals surface area contributed by atoms with E-state index in [-0.39, 0.29) is 11.0 Å². The van der Waals surface area contributed by atoms with E-state index in [9.17, 15) is 13.2 Å². The Balaban J connectivity index is 1.90. The molecule has 3 nitrogen and oxygen atoms in total. The van der Waals surface area contributed by atoms with Gasteiger partial charge in [-0.25, -0.2) is 9.97 Å². The van der Waals surface area contributed by atoms with Crippen molar-refractivity contribution >= 4 is 23.4 Å². The SMILES string of the molecule is CCCCCc1cccc(N(C)c2ncc(C(F)(F)F)c(Sc3ccccc3)n2)c1. The molecule has 0 bridgehead atoms. The van der Waals surface area contributed by atoms with Crippen molar-refractivity contribution in [2.75, 3.05) is 11.9 Å². The second kappa shape index (κ2) is 9.98. The zero-order valence-electron chi connectivity index (χ0n) is 17.0. The number of anilines is 2. The summed E-state index contributed by atoms with van der Waals surface area (Å²) in [4.78, 5) is 10.7. The highest BCUT2D eigenvalue weighted by Gasteiger charge is 2.35. The van der Waals surface area contributed by atoms with Crippen molar-refractivity contribution in [1.82, 2.24) is 9.97 Å². The molecular formula is C23H24F3N3S. The number of alkyl halides is 3. The largest absolute Gasteiger partial charge is 0.420 e. The maximum Gasteiger partial charge on any atom is 0.420 e. The van der Waals surface area contributed by atoms with E-state index in [1.807, 2.05) is 24.3 Å². The molecule has 0 aliphatic rings. The highest BCUT2D eigenvalue weighted by atomic mass is 32.2. The molecule has 0 amide bonds. The lowest BCUT2D eigenvalue weighted by Gasteiger charge is -2.20.